The molecule has 17 heavy (non-hydrogen) atoms. The van der Waals surface area contributed by atoms with Gasteiger partial charge >= 0.3 is 0 Å². The molecule has 1 unspecified atom stereocenters. The largest absolute Gasteiger partial charge is 0.341 e. The normalized spacial score (nSPS) is 20.1. The van der Waals surface area contributed by atoms with Gasteiger partial charge in [0.25, 0.3) is 0 Å². The maximum absolute atomic E-state index is 11.6. The van der Waals surface area contributed by atoms with Crippen LogP contribution in [0.3, 0.4) is 0 Å². The summed E-state index contributed by atoms with van der Waals surface area (Å²) in [6.45, 7) is 1.53. The summed E-state index contributed by atoms with van der Waals surface area (Å²) >= 11 is 15.3. The van der Waals surface area contributed by atoms with E-state index in [0.29, 0.717) is 21.3 Å². The van der Waals surface area contributed by atoms with E-state index >= 15 is 0 Å². The quantitative estimate of drug-likeness (QED) is 0.773. The molecule has 0 N–H and O–H groups in total. The predicted octanol–water partition coefficient (Wildman–Crippen LogP) is 3.53. The van der Waals surface area contributed by atoms with Crippen molar-refractivity contribution in [1.29, 1.82) is 0 Å². The highest BCUT2D eigenvalue weighted by molar-refractivity contribution is 9.09. The number of hydrogen-bond donors (Lipinski definition) is 0. The van der Waals surface area contributed by atoms with Crippen LogP contribution in [-0.2, 0) is 11.2 Å². The second kappa shape index (κ2) is 5.59. The molecule has 1 aliphatic heterocycles. The average molecular weight is 337 g/mol. The van der Waals surface area contributed by atoms with E-state index in [9.17, 15) is 4.79 Å². The number of benzene rings is 1. The van der Waals surface area contributed by atoms with E-state index in [1.54, 1.807) is 6.07 Å². The number of carbonyl (C=O) groups is 1. The summed E-state index contributed by atoms with van der Waals surface area (Å²) in [4.78, 5) is 13.7. The lowest BCUT2D eigenvalue weighted by Crippen LogP contribution is -2.27. The van der Waals surface area contributed by atoms with E-state index < -0.39 is 0 Å². The molecular formula is C12H12BrCl2NO. The molecule has 0 bridgehead atoms. The molecule has 1 fully saturated rings. The molecule has 1 aliphatic rings. The molecule has 1 aromatic carbocycles. The zero-order valence-electron chi connectivity index (χ0n) is 9.13. The van der Waals surface area contributed by atoms with Crippen molar-refractivity contribution in [2.45, 2.75) is 17.7 Å². The Morgan fingerprint density at radius 2 is 2.12 bits per heavy atom. The predicted molar refractivity (Wildman–Crippen MR) is 74.1 cm³/mol. The molecule has 0 radical (unpaired) electrons. The van der Waals surface area contributed by atoms with Crippen LogP contribution in [0.1, 0.15) is 12.0 Å². The fraction of sp³-hybridized carbons (Fsp3) is 0.417. The fourth-order valence-electron chi connectivity index (χ4n) is 1.90. The second-order valence-electron chi connectivity index (χ2n) is 4.14. The van der Waals surface area contributed by atoms with Gasteiger partial charge in [0.2, 0.25) is 5.91 Å². The first-order valence-electron chi connectivity index (χ1n) is 5.42. The molecule has 2 rings (SSSR count). The Labute approximate surface area is 119 Å². The summed E-state index contributed by atoms with van der Waals surface area (Å²) < 4.78 is 0. The molecule has 2 nitrogen and oxygen atoms in total. The Hall–Kier alpha value is -0.250. The Kier molecular flexibility index (Phi) is 4.34. The second-order valence-corrected chi connectivity index (χ2v) is 6.25. The van der Waals surface area contributed by atoms with Crippen molar-refractivity contribution in [3.8, 4) is 0 Å². The van der Waals surface area contributed by atoms with Crippen LogP contribution in [0.15, 0.2) is 18.2 Å². The van der Waals surface area contributed by atoms with E-state index in [2.05, 4.69) is 15.9 Å². The van der Waals surface area contributed by atoms with Gasteiger partial charge in [0, 0.05) is 24.3 Å². The van der Waals surface area contributed by atoms with Crippen molar-refractivity contribution in [2.75, 3.05) is 13.1 Å². The van der Waals surface area contributed by atoms with Crippen LogP contribution in [0.4, 0.5) is 0 Å². The standard InChI is InChI=1S/C12H12BrCl2NO/c13-9-6-12(17)16(7-9)4-3-8-1-2-10(14)11(15)5-8/h1-2,5,9H,3-4,6-7H2. The van der Waals surface area contributed by atoms with E-state index in [1.807, 2.05) is 17.0 Å². The lowest BCUT2D eigenvalue weighted by atomic mass is 10.1. The summed E-state index contributed by atoms with van der Waals surface area (Å²) in [6.07, 6.45) is 1.41. The first-order valence-corrected chi connectivity index (χ1v) is 7.09. The molecule has 0 aromatic heterocycles. The van der Waals surface area contributed by atoms with Gasteiger partial charge in [-0.3, -0.25) is 4.79 Å². The first kappa shape index (κ1) is 13.2. The minimum absolute atomic E-state index is 0.215. The Morgan fingerprint density at radius 1 is 1.35 bits per heavy atom. The number of alkyl halides is 1. The van der Waals surface area contributed by atoms with Crippen LogP contribution in [0.5, 0.6) is 0 Å². The number of halogens is 3. The van der Waals surface area contributed by atoms with Gasteiger partial charge in [-0.15, -0.1) is 0 Å². The number of carbonyl (C=O) groups excluding carboxylic acids is 1. The van der Waals surface area contributed by atoms with Crippen LogP contribution in [0.2, 0.25) is 10.0 Å². The zero-order chi connectivity index (χ0) is 12.4. The lowest BCUT2D eigenvalue weighted by molar-refractivity contribution is -0.127. The molecule has 5 heteroatoms. The highest BCUT2D eigenvalue weighted by Gasteiger charge is 2.26. The van der Waals surface area contributed by atoms with Gasteiger partial charge < -0.3 is 4.90 Å². The minimum atomic E-state index is 0.215. The summed E-state index contributed by atoms with van der Waals surface area (Å²) in [5, 5.41) is 1.13. The van der Waals surface area contributed by atoms with Gasteiger partial charge in [0.05, 0.1) is 10.0 Å². The number of hydrogen-bond acceptors (Lipinski definition) is 1. The number of nitrogens with zero attached hydrogens (tertiary/aromatic N) is 1. The summed E-state index contributed by atoms with van der Waals surface area (Å²) in [7, 11) is 0. The van der Waals surface area contributed by atoms with E-state index in [0.717, 1.165) is 25.1 Å². The SMILES string of the molecule is O=C1CC(Br)CN1CCc1ccc(Cl)c(Cl)c1. The maximum atomic E-state index is 11.6. The summed E-state index contributed by atoms with van der Waals surface area (Å²) in [6, 6.07) is 5.59. The molecule has 1 atom stereocenters. The van der Waals surface area contributed by atoms with Crippen LogP contribution >= 0.6 is 39.1 Å². The van der Waals surface area contributed by atoms with Crippen LogP contribution < -0.4 is 0 Å². The number of rotatable bonds is 3. The molecule has 1 amide bonds. The van der Waals surface area contributed by atoms with Crippen molar-refractivity contribution >= 4 is 45.0 Å². The van der Waals surface area contributed by atoms with E-state index in [1.165, 1.54) is 0 Å². The van der Waals surface area contributed by atoms with Crippen LogP contribution in [-0.4, -0.2) is 28.7 Å². The first-order chi connectivity index (χ1) is 8.06. The monoisotopic (exact) mass is 335 g/mol. The number of amides is 1. The summed E-state index contributed by atoms with van der Waals surface area (Å²) in [5.41, 5.74) is 1.10. The smallest absolute Gasteiger partial charge is 0.223 e. The zero-order valence-corrected chi connectivity index (χ0v) is 12.2. The molecule has 92 valence electrons. The molecule has 1 saturated heterocycles. The molecule has 0 saturated carbocycles. The molecule has 1 aromatic rings. The summed E-state index contributed by atoms with van der Waals surface area (Å²) in [5.74, 6) is 0.215. The third-order valence-corrected chi connectivity index (χ3v) is 4.17. The average Bonchev–Trinajstić information content (AvgIpc) is 2.59. The molecule has 1 heterocycles. The molecule has 0 spiro atoms. The van der Waals surface area contributed by atoms with Crippen molar-refractivity contribution in [3.63, 3.8) is 0 Å². The van der Waals surface area contributed by atoms with Crippen molar-refractivity contribution < 1.29 is 4.79 Å². The van der Waals surface area contributed by atoms with Crippen LogP contribution in [0, 0.1) is 0 Å². The van der Waals surface area contributed by atoms with Crippen LogP contribution in [0.25, 0.3) is 0 Å². The van der Waals surface area contributed by atoms with Crippen molar-refractivity contribution in [3.05, 3.63) is 33.8 Å². The minimum Gasteiger partial charge on any atom is -0.341 e. The third-order valence-electron chi connectivity index (χ3n) is 2.82. The van der Waals surface area contributed by atoms with Crippen molar-refractivity contribution in [1.82, 2.24) is 4.90 Å². The Morgan fingerprint density at radius 3 is 2.71 bits per heavy atom. The highest BCUT2D eigenvalue weighted by Crippen LogP contribution is 2.23. The fourth-order valence-corrected chi connectivity index (χ4v) is 2.85. The highest BCUT2D eigenvalue weighted by atomic mass is 79.9. The third kappa shape index (κ3) is 3.36. The topological polar surface area (TPSA) is 20.3 Å². The van der Waals surface area contributed by atoms with Gasteiger partial charge in [-0.05, 0) is 24.1 Å². The van der Waals surface area contributed by atoms with Gasteiger partial charge in [-0.1, -0.05) is 45.2 Å². The molecular weight excluding hydrogens is 325 g/mol. The number of likely N-dealkylation sites (tertiary alicyclic amines) is 1. The lowest BCUT2D eigenvalue weighted by Gasteiger charge is -2.15. The van der Waals surface area contributed by atoms with Gasteiger partial charge in [-0.25, -0.2) is 0 Å². The van der Waals surface area contributed by atoms with Crippen molar-refractivity contribution in [2.24, 2.45) is 0 Å². The van der Waals surface area contributed by atoms with E-state index in [-0.39, 0.29) is 5.91 Å². The van der Waals surface area contributed by atoms with E-state index in [4.69, 9.17) is 23.2 Å². The van der Waals surface area contributed by atoms with Gasteiger partial charge in [0.15, 0.2) is 0 Å². The Bertz CT molecular complexity index is 439. The maximum Gasteiger partial charge on any atom is 0.223 e. The molecule has 0 aliphatic carbocycles. The van der Waals surface area contributed by atoms with Gasteiger partial charge in [-0.2, -0.15) is 0 Å². The van der Waals surface area contributed by atoms with Gasteiger partial charge in [0.1, 0.15) is 0 Å². The Balaban J connectivity index is 1.94.